The number of carbonyl (C=O) groups is 2. The molecule has 9 heteroatoms. The van der Waals surface area contributed by atoms with E-state index in [1.807, 2.05) is 31.2 Å². The summed E-state index contributed by atoms with van der Waals surface area (Å²) in [5, 5.41) is 12.4. The zero-order valence-corrected chi connectivity index (χ0v) is 16.0. The third-order valence-electron chi connectivity index (χ3n) is 4.30. The maximum absolute atomic E-state index is 12.6. The van der Waals surface area contributed by atoms with E-state index < -0.39 is 12.0 Å². The molecule has 1 amide bonds. The molecule has 0 spiro atoms. The topological polar surface area (TPSA) is 106 Å². The van der Waals surface area contributed by atoms with Crippen LogP contribution in [-0.2, 0) is 17.9 Å². The molecule has 0 aliphatic rings. The monoisotopic (exact) mass is 388 g/mol. The van der Waals surface area contributed by atoms with Gasteiger partial charge in [0.2, 0.25) is 5.91 Å². The van der Waals surface area contributed by atoms with E-state index in [2.05, 4.69) is 10.3 Å². The lowest BCUT2D eigenvalue weighted by Gasteiger charge is -2.11. The lowest BCUT2D eigenvalue weighted by atomic mass is 10.3. The van der Waals surface area contributed by atoms with Crippen molar-refractivity contribution in [1.29, 1.82) is 0 Å². The highest BCUT2D eigenvalue weighted by molar-refractivity contribution is 7.13. The summed E-state index contributed by atoms with van der Waals surface area (Å²) in [6, 6.07) is 6.88. The van der Waals surface area contributed by atoms with Crippen molar-refractivity contribution in [3.05, 3.63) is 50.3 Å². The average molecular weight is 388 g/mol. The summed E-state index contributed by atoms with van der Waals surface area (Å²) in [7, 11) is 0. The smallest absolute Gasteiger partial charge is 0.347 e. The molecule has 1 aromatic carbocycles. The van der Waals surface area contributed by atoms with Crippen molar-refractivity contribution in [3.8, 4) is 0 Å². The number of rotatable bonds is 6. The van der Waals surface area contributed by atoms with E-state index in [-0.39, 0.29) is 23.0 Å². The van der Waals surface area contributed by atoms with Crippen LogP contribution in [0.25, 0.3) is 11.0 Å². The van der Waals surface area contributed by atoms with Gasteiger partial charge in [0.05, 0.1) is 22.8 Å². The Morgan fingerprint density at radius 3 is 2.44 bits per heavy atom. The van der Waals surface area contributed by atoms with E-state index in [0.717, 1.165) is 16.9 Å². The summed E-state index contributed by atoms with van der Waals surface area (Å²) < 4.78 is 3.06. The van der Waals surface area contributed by atoms with E-state index in [1.54, 1.807) is 18.4 Å². The van der Waals surface area contributed by atoms with Crippen LogP contribution in [0.3, 0.4) is 0 Å². The maximum Gasteiger partial charge on any atom is 0.347 e. The van der Waals surface area contributed by atoms with Gasteiger partial charge in [0, 0.05) is 6.54 Å². The molecule has 142 valence electrons. The van der Waals surface area contributed by atoms with Gasteiger partial charge in [-0.1, -0.05) is 12.1 Å². The van der Waals surface area contributed by atoms with E-state index >= 15 is 0 Å². The molecule has 1 atom stereocenters. The second kappa shape index (κ2) is 7.36. The van der Waals surface area contributed by atoms with Gasteiger partial charge in [-0.25, -0.2) is 14.6 Å². The minimum atomic E-state index is -1.03. The van der Waals surface area contributed by atoms with Crippen LogP contribution < -0.4 is 11.0 Å². The number of hydrogen-bond acceptors (Lipinski definition) is 5. The molecule has 2 aromatic heterocycles. The second-order valence-electron chi connectivity index (χ2n) is 6.16. The number of benzene rings is 1. The molecule has 3 aromatic rings. The number of hydrogen-bond donors (Lipinski definition) is 2. The molecule has 2 heterocycles. The second-order valence-corrected chi connectivity index (χ2v) is 7.19. The fraction of sp³-hybridized carbons (Fsp3) is 0.333. The highest BCUT2D eigenvalue weighted by Gasteiger charge is 2.20. The molecular formula is C18H20N4O4S. The Hall–Kier alpha value is -2.94. The third kappa shape index (κ3) is 3.50. The average Bonchev–Trinajstić information content (AvgIpc) is 3.14. The van der Waals surface area contributed by atoms with Gasteiger partial charge in [-0.2, -0.15) is 0 Å². The molecule has 8 nitrogen and oxygen atoms in total. The third-order valence-corrected chi connectivity index (χ3v) is 5.63. The number of fused-ring (bicyclic) bond motifs is 1. The Labute approximate surface area is 159 Å². The van der Waals surface area contributed by atoms with E-state index in [9.17, 15) is 14.4 Å². The number of nitrogens with zero attached hydrogens (tertiary/aromatic N) is 3. The molecule has 0 radical (unpaired) electrons. The summed E-state index contributed by atoms with van der Waals surface area (Å²) >= 11 is 1.04. The highest BCUT2D eigenvalue weighted by atomic mass is 32.1. The molecule has 1 unspecified atom stereocenters. The SMILES string of the molecule is CCn1c(=O)n(CC(=O)NC(C)c2nc(C)c(C(=O)O)s2)c2ccccc21. The number of carbonyl (C=O) groups excluding carboxylic acids is 1. The minimum Gasteiger partial charge on any atom is -0.477 e. The molecular weight excluding hydrogens is 368 g/mol. The van der Waals surface area contributed by atoms with Crippen LogP contribution >= 0.6 is 11.3 Å². The first-order valence-corrected chi connectivity index (χ1v) is 9.33. The van der Waals surface area contributed by atoms with Crippen molar-refractivity contribution >= 4 is 34.2 Å². The number of aromatic nitrogens is 3. The quantitative estimate of drug-likeness (QED) is 0.673. The molecule has 0 saturated heterocycles. The number of para-hydroxylation sites is 2. The van der Waals surface area contributed by atoms with Crippen molar-refractivity contribution in [2.24, 2.45) is 0 Å². The lowest BCUT2D eigenvalue weighted by Crippen LogP contribution is -2.34. The fourth-order valence-electron chi connectivity index (χ4n) is 3.02. The van der Waals surface area contributed by atoms with Gasteiger partial charge in [-0.05, 0) is 32.9 Å². The summed E-state index contributed by atoms with van der Waals surface area (Å²) in [6.07, 6.45) is 0. The number of aromatic carboxylic acids is 1. The predicted molar refractivity (Wildman–Crippen MR) is 102 cm³/mol. The number of carboxylic acid groups (broad SMARTS) is 1. The molecule has 0 aliphatic heterocycles. The molecule has 27 heavy (non-hydrogen) atoms. The fourth-order valence-corrected chi connectivity index (χ4v) is 3.93. The molecule has 2 N–H and O–H groups in total. The number of amides is 1. The number of imidazole rings is 1. The van der Waals surface area contributed by atoms with E-state index in [1.165, 1.54) is 4.57 Å². The number of aryl methyl sites for hydroxylation is 2. The van der Waals surface area contributed by atoms with Crippen molar-refractivity contribution < 1.29 is 14.7 Å². The van der Waals surface area contributed by atoms with Crippen molar-refractivity contribution in [3.63, 3.8) is 0 Å². The van der Waals surface area contributed by atoms with Gasteiger partial charge in [-0.15, -0.1) is 11.3 Å². The van der Waals surface area contributed by atoms with Gasteiger partial charge >= 0.3 is 11.7 Å². The first-order valence-electron chi connectivity index (χ1n) is 8.51. The number of thiazole rings is 1. The predicted octanol–water partition coefficient (Wildman–Crippen LogP) is 2.16. The normalized spacial score (nSPS) is 12.3. The lowest BCUT2D eigenvalue weighted by molar-refractivity contribution is -0.122. The van der Waals surface area contributed by atoms with Crippen LogP contribution in [0.2, 0.25) is 0 Å². The Morgan fingerprint density at radius 2 is 1.89 bits per heavy atom. The minimum absolute atomic E-state index is 0.118. The summed E-state index contributed by atoms with van der Waals surface area (Å²) in [6.45, 7) is 5.63. The van der Waals surface area contributed by atoms with Crippen molar-refractivity contribution in [1.82, 2.24) is 19.4 Å². The van der Waals surface area contributed by atoms with Crippen LogP contribution in [0.4, 0.5) is 0 Å². The van der Waals surface area contributed by atoms with E-state index in [0.29, 0.717) is 22.8 Å². The summed E-state index contributed by atoms with van der Waals surface area (Å²) in [5.74, 6) is -1.37. The maximum atomic E-state index is 12.6. The van der Waals surface area contributed by atoms with Crippen molar-refractivity contribution in [2.45, 2.75) is 39.9 Å². The Kier molecular flexibility index (Phi) is 5.13. The Balaban J connectivity index is 1.81. The van der Waals surface area contributed by atoms with Gasteiger partial charge in [0.15, 0.2) is 0 Å². The summed E-state index contributed by atoms with van der Waals surface area (Å²) in [4.78, 5) is 40.6. The zero-order valence-electron chi connectivity index (χ0n) is 15.2. The van der Waals surface area contributed by atoms with Gasteiger partial charge in [0.1, 0.15) is 16.4 Å². The number of nitrogens with one attached hydrogen (secondary N) is 1. The van der Waals surface area contributed by atoms with Crippen molar-refractivity contribution in [2.75, 3.05) is 0 Å². The standard InChI is InChI=1S/C18H20N4O4S/c1-4-21-12-7-5-6-8-13(12)22(18(21)26)9-14(23)19-11(3)16-20-10(2)15(27-16)17(24)25/h5-8,11H,4,9H2,1-3H3,(H,19,23)(H,24,25). The molecule has 0 bridgehead atoms. The van der Waals surface area contributed by atoms with Crippen LogP contribution in [0, 0.1) is 6.92 Å². The highest BCUT2D eigenvalue weighted by Crippen LogP contribution is 2.23. The molecule has 0 aliphatic carbocycles. The van der Waals surface area contributed by atoms with Crippen LogP contribution in [0.5, 0.6) is 0 Å². The first kappa shape index (κ1) is 18.8. The van der Waals surface area contributed by atoms with E-state index in [4.69, 9.17) is 5.11 Å². The Morgan fingerprint density at radius 1 is 1.26 bits per heavy atom. The van der Waals surface area contributed by atoms with Gasteiger partial charge in [0.25, 0.3) is 0 Å². The van der Waals surface area contributed by atoms with Crippen LogP contribution in [0.15, 0.2) is 29.1 Å². The molecule has 3 rings (SSSR count). The van der Waals surface area contributed by atoms with Gasteiger partial charge in [-0.3, -0.25) is 13.9 Å². The largest absolute Gasteiger partial charge is 0.477 e. The molecule has 0 fully saturated rings. The zero-order chi connectivity index (χ0) is 19.7. The molecule has 0 saturated carbocycles. The first-order chi connectivity index (χ1) is 12.8. The summed E-state index contributed by atoms with van der Waals surface area (Å²) in [5.41, 5.74) is 1.67. The van der Waals surface area contributed by atoms with Crippen LogP contribution in [0.1, 0.15) is 40.3 Å². The number of carboxylic acids is 1. The van der Waals surface area contributed by atoms with Crippen LogP contribution in [-0.4, -0.2) is 31.1 Å². The Bertz CT molecular complexity index is 1080. The van der Waals surface area contributed by atoms with Gasteiger partial charge < -0.3 is 10.4 Å².